The molecule has 0 aromatic heterocycles. The lowest BCUT2D eigenvalue weighted by molar-refractivity contribution is -0.120. The molecule has 11 heteroatoms. The van der Waals surface area contributed by atoms with E-state index in [1.165, 1.54) is 24.3 Å². The molecule has 188 valence electrons. The van der Waals surface area contributed by atoms with Crippen molar-refractivity contribution in [1.82, 2.24) is 5.32 Å². The van der Waals surface area contributed by atoms with E-state index in [1.807, 2.05) is 0 Å². The Morgan fingerprint density at radius 1 is 0.946 bits per heavy atom. The molecule has 3 aromatic rings. The zero-order valence-electron chi connectivity index (χ0n) is 19.1. The quantitative estimate of drug-likeness (QED) is 0.368. The summed E-state index contributed by atoms with van der Waals surface area (Å²) in [7, 11) is 0. The molecule has 4 rings (SSSR count). The number of imide groups is 1. The molecule has 8 nitrogen and oxygen atoms in total. The van der Waals surface area contributed by atoms with Gasteiger partial charge < -0.3 is 15.7 Å². The smallest absolute Gasteiger partial charge is 0.335 e. The van der Waals surface area contributed by atoms with E-state index in [4.69, 9.17) is 28.3 Å². The van der Waals surface area contributed by atoms with Crippen molar-refractivity contribution in [3.8, 4) is 0 Å². The van der Waals surface area contributed by atoms with Crippen molar-refractivity contribution < 1.29 is 28.7 Å². The largest absolute Gasteiger partial charge is 0.478 e. The highest BCUT2D eigenvalue weighted by Crippen LogP contribution is 2.32. The average molecular weight is 542 g/mol. The van der Waals surface area contributed by atoms with Gasteiger partial charge in [0, 0.05) is 17.8 Å². The highest BCUT2D eigenvalue weighted by molar-refractivity contribution is 6.53. The van der Waals surface area contributed by atoms with Gasteiger partial charge >= 0.3 is 5.97 Å². The van der Waals surface area contributed by atoms with E-state index in [0.29, 0.717) is 16.8 Å². The van der Waals surface area contributed by atoms with E-state index in [0.717, 1.165) is 17.0 Å². The SMILES string of the molecule is Cc1ccc(C(=O)NCc2ccc(C(=O)O)cc2)cc1NC1=C(Cl)C(=O)N(c2ccc(F)c(Cl)c2)C1=O. The Bertz CT molecular complexity index is 1490. The highest BCUT2D eigenvalue weighted by atomic mass is 35.5. The third kappa shape index (κ3) is 5.32. The van der Waals surface area contributed by atoms with Gasteiger partial charge in [0.05, 0.1) is 16.3 Å². The molecule has 0 radical (unpaired) electrons. The number of carbonyl (C=O) groups is 4. The number of amides is 3. The molecule has 1 heterocycles. The first-order valence-electron chi connectivity index (χ1n) is 10.8. The summed E-state index contributed by atoms with van der Waals surface area (Å²) in [5, 5.41) is 13.9. The van der Waals surface area contributed by atoms with Gasteiger partial charge in [-0.2, -0.15) is 0 Å². The van der Waals surface area contributed by atoms with Gasteiger partial charge in [-0.15, -0.1) is 0 Å². The number of carboxylic acid groups (broad SMARTS) is 1. The van der Waals surface area contributed by atoms with E-state index >= 15 is 0 Å². The standard InChI is InChI=1S/C26H18Cl2FN3O5/c1-13-2-5-16(23(33)30-12-14-3-6-15(7-4-14)26(36)37)10-20(13)31-22-21(28)24(34)32(25(22)35)17-8-9-19(29)18(27)11-17/h2-11,31H,12H2,1H3,(H,30,33)(H,36,37). The van der Waals surface area contributed by atoms with Crippen LogP contribution in [-0.4, -0.2) is 28.8 Å². The van der Waals surface area contributed by atoms with Crippen molar-refractivity contribution in [3.63, 3.8) is 0 Å². The maximum Gasteiger partial charge on any atom is 0.335 e. The zero-order chi connectivity index (χ0) is 26.9. The third-order valence-corrected chi connectivity index (χ3v) is 6.24. The number of aromatic carboxylic acids is 1. The first-order valence-corrected chi connectivity index (χ1v) is 11.5. The Morgan fingerprint density at radius 2 is 1.62 bits per heavy atom. The Kier molecular flexibility index (Phi) is 7.28. The molecule has 37 heavy (non-hydrogen) atoms. The number of carbonyl (C=O) groups excluding carboxylic acids is 3. The summed E-state index contributed by atoms with van der Waals surface area (Å²) in [4.78, 5) is 50.2. The van der Waals surface area contributed by atoms with Crippen LogP contribution in [0.5, 0.6) is 0 Å². The lowest BCUT2D eigenvalue weighted by Gasteiger charge is -2.16. The summed E-state index contributed by atoms with van der Waals surface area (Å²) < 4.78 is 13.5. The Labute approximate surface area is 220 Å². The fourth-order valence-corrected chi connectivity index (χ4v) is 3.94. The second kappa shape index (κ2) is 10.4. The lowest BCUT2D eigenvalue weighted by atomic mass is 10.1. The maximum atomic E-state index is 13.5. The third-order valence-electron chi connectivity index (χ3n) is 5.60. The van der Waals surface area contributed by atoms with Crippen LogP contribution in [0.15, 0.2) is 71.4 Å². The van der Waals surface area contributed by atoms with E-state index in [-0.39, 0.29) is 39.1 Å². The number of benzene rings is 3. The Hall–Kier alpha value is -4.21. The zero-order valence-corrected chi connectivity index (χ0v) is 20.7. The fourth-order valence-electron chi connectivity index (χ4n) is 3.55. The molecule has 3 N–H and O–H groups in total. The van der Waals surface area contributed by atoms with Crippen LogP contribution in [0.4, 0.5) is 15.8 Å². The monoisotopic (exact) mass is 541 g/mol. The van der Waals surface area contributed by atoms with Gasteiger partial charge in [0.25, 0.3) is 17.7 Å². The molecule has 1 aliphatic rings. The number of aryl methyl sites for hydroxylation is 1. The number of hydrogen-bond acceptors (Lipinski definition) is 5. The second-order valence-corrected chi connectivity index (χ2v) is 8.86. The minimum absolute atomic E-state index is 0.0533. The molecule has 0 atom stereocenters. The molecule has 3 aromatic carbocycles. The van der Waals surface area contributed by atoms with Crippen molar-refractivity contribution in [2.24, 2.45) is 0 Å². The lowest BCUT2D eigenvalue weighted by Crippen LogP contribution is -2.32. The van der Waals surface area contributed by atoms with E-state index < -0.39 is 29.5 Å². The minimum Gasteiger partial charge on any atom is -0.478 e. The van der Waals surface area contributed by atoms with Gasteiger partial charge in [0.1, 0.15) is 16.5 Å². The molecule has 0 unspecified atom stereocenters. The summed E-state index contributed by atoms with van der Waals surface area (Å²) in [5.74, 6) is -3.74. The summed E-state index contributed by atoms with van der Waals surface area (Å²) in [5.41, 5.74) is 2.00. The second-order valence-electron chi connectivity index (χ2n) is 8.07. The van der Waals surface area contributed by atoms with Crippen LogP contribution in [0.1, 0.15) is 31.8 Å². The molecular formula is C26H18Cl2FN3O5. The van der Waals surface area contributed by atoms with Crippen LogP contribution in [0.3, 0.4) is 0 Å². The number of anilines is 2. The van der Waals surface area contributed by atoms with Gasteiger partial charge in [-0.25, -0.2) is 14.1 Å². The Morgan fingerprint density at radius 3 is 2.27 bits per heavy atom. The van der Waals surface area contributed by atoms with E-state index in [9.17, 15) is 23.6 Å². The van der Waals surface area contributed by atoms with Crippen LogP contribution in [0.25, 0.3) is 0 Å². The number of carboxylic acids is 1. The Balaban J connectivity index is 1.50. The summed E-state index contributed by atoms with van der Waals surface area (Å²) in [6, 6.07) is 14.2. The van der Waals surface area contributed by atoms with Crippen LogP contribution < -0.4 is 15.5 Å². The summed E-state index contributed by atoms with van der Waals surface area (Å²) in [6.07, 6.45) is 0. The molecule has 0 spiro atoms. The molecule has 0 aliphatic carbocycles. The van der Waals surface area contributed by atoms with Crippen molar-refractivity contribution in [2.45, 2.75) is 13.5 Å². The summed E-state index contributed by atoms with van der Waals surface area (Å²) >= 11 is 12.0. The number of nitrogens with one attached hydrogen (secondary N) is 2. The van der Waals surface area contributed by atoms with E-state index in [1.54, 1.807) is 31.2 Å². The molecule has 0 fully saturated rings. The van der Waals surface area contributed by atoms with Gasteiger partial charge in [0.2, 0.25) is 0 Å². The van der Waals surface area contributed by atoms with Gasteiger partial charge in [-0.1, -0.05) is 41.4 Å². The molecular weight excluding hydrogens is 524 g/mol. The average Bonchev–Trinajstić information content (AvgIpc) is 3.08. The van der Waals surface area contributed by atoms with Crippen LogP contribution in [0, 0.1) is 12.7 Å². The van der Waals surface area contributed by atoms with Crippen molar-refractivity contribution in [2.75, 3.05) is 10.2 Å². The fraction of sp³-hybridized carbons (Fsp3) is 0.0769. The number of hydrogen-bond donors (Lipinski definition) is 3. The van der Waals surface area contributed by atoms with Crippen molar-refractivity contribution >= 4 is 58.3 Å². The minimum atomic E-state index is -1.04. The predicted octanol–water partition coefficient (Wildman–Crippen LogP) is 4.85. The number of nitrogens with zero attached hydrogens (tertiary/aromatic N) is 1. The van der Waals surface area contributed by atoms with Crippen LogP contribution in [-0.2, 0) is 16.1 Å². The normalized spacial score (nSPS) is 13.2. The van der Waals surface area contributed by atoms with Crippen molar-refractivity contribution in [1.29, 1.82) is 0 Å². The van der Waals surface area contributed by atoms with E-state index in [2.05, 4.69) is 10.6 Å². The topological polar surface area (TPSA) is 116 Å². The number of rotatable bonds is 7. The van der Waals surface area contributed by atoms with Gasteiger partial charge in [-0.05, 0) is 60.5 Å². The van der Waals surface area contributed by atoms with Crippen molar-refractivity contribution in [3.05, 3.63) is 104 Å². The molecule has 0 saturated carbocycles. The first-order chi connectivity index (χ1) is 17.6. The molecule has 0 saturated heterocycles. The summed E-state index contributed by atoms with van der Waals surface area (Å²) in [6.45, 7) is 1.90. The van der Waals surface area contributed by atoms with Gasteiger partial charge in [-0.3, -0.25) is 14.4 Å². The van der Waals surface area contributed by atoms with Crippen LogP contribution >= 0.6 is 23.2 Å². The number of halogens is 3. The highest BCUT2D eigenvalue weighted by Gasteiger charge is 2.39. The molecule has 0 bridgehead atoms. The van der Waals surface area contributed by atoms with Gasteiger partial charge in [0.15, 0.2) is 0 Å². The molecule has 1 aliphatic heterocycles. The van der Waals surface area contributed by atoms with Crippen LogP contribution in [0.2, 0.25) is 5.02 Å². The maximum absolute atomic E-state index is 13.5. The first kappa shape index (κ1) is 25.9. The predicted molar refractivity (Wildman–Crippen MR) is 136 cm³/mol. The molecule has 3 amide bonds.